The van der Waals surface area contributed by atoms with Crippen LogP contribution in [0, 0.1) is 23.7 Å². The predicted molar refractivity (Wildman–Crippen MR) is 335 cm³/mol. The van der Waals surface area contributed by atoms with Gasteiger partial charge in [-0.1, -0.05) is 261 Å². The molecule has 7 atom stereocenters. The molecular formula is C65H126O17P2. The van der Waals surface area contributed by atoms with Crippen LogP contribution in [0.5, 0.6) is 0 Å². The Kier molecular flexibility index (Phi) is 53.9. The molecule has 0 aliphatic rings. The summed E-state index contributed by atoms with van der Waals surface area (Å²) in [5.74, 6) is 0.788. The summed E-state index contributed by atoms with van der Waals surface area (Å²) in [7, 11) is -9.89. The van der Waals surface area contributed by atoms with E-state index in [1.807, 2.05) is 0 Å². The lowest BCUT2D eigenvalue weighted by atomic mass is 9.99. The fourth-order valence-electron chi connectivity index (χ4n) is 9.54. The average molecular weight is 1240 g/mol. The first-order valence-electron chi connectivity index (χ1n) is 33.8. The number of phosphoric ester groups is 2. The maximum atomic E-state index is 13.0. The lowest BCUT2D eigenvalue weighted by molar-refractivity contribution is -0.161. The van der Waals surface area contributed by atoms with Crippen LogP contribution in [-0.2, 0) is 65.4 Å². The number of phosphoric acid groups is 2. The highest BCUT2D eigenvalue weighted by molar-refractivity contribution is 7.47. The molecule has 17 nitrogen and oxygen atoms in total. The second kappa shape index (κ2) is 55.2. The number of carbonyl (C=O) groups is 4. The summed E-state index contributed by atoms with van der Waals surface area (Å²) in [6.07, 6.45) is 35.0. The van der Waals surface area contributed by atoms with Crippen molar-refractivity contribution in [3.05, 3.63) is 0 Å². The molecule has 0 bridgehead atoms. The van der Waals surface area contributed by atoms with Crippen LogP contribution in [0.1, 0.15) is 312 Å². The van der Waals surface area contributed by atoms with E-state index in [9.17, 15) is 43.2 Å². The Labute approximate surface area is 511 Å². The van der Waals surface area contributed by atoms with Gasteiger partial charge in [0.15, 0.2) is 12.2 Å². The van der Waals surface area contributed by atoms with Gasteiger partial charge in [0.05, 0.1) is 26.4 Å². The second-order valence-corrected chi connectivity index (χ2v) is 27.8. The number of esters is 4. The van der Waals surface area contributed by atoms with Gasteiger partial charge in [0, 0.05) is 25.7 Å². The zero-order valence-electron chi connectivity index (χ0n) is 54.5. The van der Waals surface area contributed by atoms with E-state index in [-0.39, 0.29) is 25.7 Å². The molecule has 0 saturated heterocycles. The van der Waals surface area contributed by atoms with Crippen LogP contribution in [0.15, 0.2) is 0 Å². The smallest absolute Gasteiger partial charge is 0.462 e. The number of carbonyl (C=O) groups excluding carboxylic acids is 4. The Bertz CT molecular complexity index is 1680. The Morgan fingerprint density at radius 3 is 0.845 bits per heavy atom. The van der Waals surface area contributed by atoms with Crippen molar-refractivity contribution in [3.8, 4) is 0 Å². The van der Waals surface area contributed by atoms with E-state index < -0.39 is 97.5 Å². The van der Waals surface area contributed by atoms with E-state index in [1.54, 1.807) is 0 Å². The van der Waals surface area contributed by atoms with Gasteiger partial charge in [-0.25, -0.2) is 9.13 Å². The summed E-state index contributed by atoms with van der Waals surface area (Å²) >= 11 is 0. The van der Waals surface area contributed by atoms with Crippen molar-refractivity contribution in [1.29, 1.82) is 0 Å². The molecule has 0 amide bonds. The van der Waals surface area contributed by atoms with Gasteiger partial charge in [-0.05, 0) is 49.4 Å². The molecule has 0 aliphatic heterocycles. The number of rotatable bonds is 62. The Balaban J connectivity index is 5.25. The van der Waals surface area contributed by atoms with Crippen LogP contribution in [0.25, 0.3) is 0 Å². The highest BCUT2D eigenvalue weighted by atomic mass is 31.2. The van der Waals surface area contributed by atoms with Crippen molar-refractivity contribution >= 4 is 39.5 Å². The van der Waals surface area contributed by atoms with Crippen molar-refractivity contribution in [2.45, 2.75) is 331 Å². The monoisotopic (exact) mass is 1240 g/mol. The number of hydrogen-bond acceptors (Lipinski definition) is 15. The standard InChI is InChI=1S/C65H126O17P2/c1-9-57(7)43-35-27-18-13-11-12-14-20-31-39-47-64(69)81-60(51-75-62(67)45-37-29-19-16-15-17-25-33-41-55(3)4)53-79-83(71,72)77-49-59(66)50-78-84(73,74)80-54-61(82-65(70)48-40-32-23-21-26-34-42-56(5)6)52-76-63(68)46-38-30-24-22-28-36-44-58(8)10-2/h55-61,66H,9-54H2,1-8H3,(H,71,72)(H,73,74)/t57?,58?,59-,60-,61-/m1/s1. The van der Waals surface area contributed by atoms with Crippen LogP contribution < -0.4 is 0 Å². The molecule has 0 aromatic heterocycles. The van der Waals surface area contributed by atoms with Crippen molar-refractivity contribution in [2.24, 2.45) is 23.7 Å². The molecule has 0 saturated carbocycles. The normalized spacial score (nSPS) is 15.1. The van der Waals surface area contributed by atoms with E-state index in [2.05, 4.69) is 55.4 Å². The molecule has 0 spiro atoms. The Hall–Kier alpha value is -1.94. The number of ether oxygens (including phenoxy) is 4. The van der Waals surface area contributed by atoms with Gasteiger partial charge in [0.25, 0.3) is 0 Å². The molecule has 19 heteroatoms. The third kappa shape index (κ3) is 56.6. The number of aliphatic hydroxyl groups is 1. The third-order valence-corrected chi connectivity index (χ3v) is 17.4. The molecule has 0 fully saturated rings. The van der Waals surface area contributed by atoms with Gasteiger partial charge in [-0.15, -0.1) is 0 Å². The molecule has 0 aliphatic carbocycles. The molecule has 0 aromatic carbocycles. The van der Waals surface area contributed by atoms with E-state index in [0.717, 1.165) is 114 Å². The summed E-state index contributed by atoms with van der Waals surface area (Å²) in [5, 5.41) is 10.5. The molecule has 4 unspecified atom stereocenters. The maximum Gasteiger partial charge on any atom is 0.472 e. The minimum absolute atomic E-state index is 0.101. The molecule has 0 rings (SSSR count). The van der Waals surface area contributed by atoms with Gasteiger partial charge < -0.3 is 33.8 Å². The minimum atomic E-state index is -4.95. The molecule has 3 N–H and O–H groups in total. The topological polar surface area (TPSA) is 237 Å². The van der Waals surface area contributed by atoms with Gasteiger partial charge in [-0.3, -0.25) is 37.3 Å². The van der Waals surface area contributed by atoms with E-state index in [4.69, 9.17) is 37.0 Å². The zero-order valence-corrected chi connectivity index (χ0v) is 56.3. The molecule has 0 radical (unpaired) electrons. The Morgan fingerprint density at radius 2 is 0.571 bits per heavy atom. The van der Waals surface area contributed by atoms with Gasteiger partial charge in [-0.2, -0.15) is 0 Å². The lowest BCUT2D eigenvalue weighted by Gasteiger charge is -2.21. The molecule has 498 valence electrons. The third-order valence-electron chi connectivity index (χ3n) is 15.5. The number of aliphatic hydroxyl groups excluding tert-OH is 1. The summed E-state index contributed by atoms with van der Waals surface area (Å²) in [6, 6.07) is 0. The molecule has 0 heterocycles. The highest BCUT2D eigenvalue weighted by Gasteiger charge is 2.30. The predicted octanol–water partition coefficient (Wildman–Crippen LogP) is 17.8. The Morgan fingerprint density at radius 1 is 0.333 bits per heavy atom. The van der Waals surface area contributed by atoms with Crippen LogP contribution in [0.3, 0.4) is 0 Å². The van der Waals surface area contributed by atoms with E-state index >= 15 is 0 Å². The first kappa shape index (κ1) is 82.1. The molecule has 0 aromatic rings. The van der Waals surface area contributed by atoms with E-state index in [1.165, 1.54) is 109 Å². The minimum Gasteiger partial charge on any atom is -0.462 e. The first-order valence-corrected chi connectivity index (χ1v) is 36.8. The first-order chi connectivity index (χ1) is 40.2. The van der Waals surface area contributed by atoms with Crippen molar-refractivity contribution < 1.29 is 80.2 Å². The van der Waals surface area contributed by atoms with Crippen molar-refractivity contribution in [1.82, 2.24) is 0 Å². The summed E-state index contributed by atoms with van der Waals surface area (Å²) < 4.78 is 68.0. The van der Waals surface area contributed by atoms with Gasteiger partial charge >= 0.3 is 39.5 Å². The van der Waals surface area contributed by atoms with Gasteiger partial charge in [0.1, 0.15) is 19.3 Å². The van der Waals surface area contributed by atoms with E-state index in [0.29, 0.717) is 31.6 Å². The van der Waals surface area contributed by atoms with Crippen LogP contribution in [-0.4, -0.2) is 96.7 Å². The summed E-state index contributed by atoms with van der Waals surface area (Å²) in [5.41, 5.74) is 0. The quantitative estimate of drug-likeness (QED) is 0.0222. The zero-order chi connectivity index (χ0) is 62.5. The van der Waals surface area contributed by atoms with Crippen LogP contribution in [0.2, 0.25) is 0 Å². The largest absolute Gasteiger partial charge is 0.472 e. The van der Waals surface area contributed by atoms with Crippen molar-refractivity contribution in [3.63, 3.8) is 0 Å². The maximum absolute atomic E-state index is 13.0. The van der Waals surface area contributed by atoms with Gasteiger partial charge in [0.2, 0.25) is 0 Å². The fraction of sp³-hybridized carbons (Fsp3) is 0.938. The number of hydrogen-bond donors (Lipinski definition) is 3. The highest BCUT2D eigenvalue weighted by Crippen LogP contribution is 2.45. The number of unbranched alkanes of at least 4 members (excludes halogenated alkanes) is 26. The second-order valence-electron chi connectivity index (χ2n) is 24.9. The molecular weight excluding hydrogens is 1110 g/mol. The summed E-state index contributed by atoms with van der Waals surface area (Å²) in [6.45, 7) is 14.0. The van der Waals surface area contributed by atoms with Crippen molar-refractivity contribution in [2.75, 3.05) is 39.6 Å². The van der Waals surface area contributed by atoms with Crippen LogP contribution in [0.4, 0.5) is 0 Å². The van der Waals surface area contributed by atoms with Crippen LogP contribution >= 0.6 is 15.6 Å². The average Bonchev–Trinajstić information content (AvgIpc) is 3.45. The fourth-order valence-corrected chi connectivity index (χ4v) is 11.1. The lowest BCUT2D eigenvalue weighted by Crippen LogP contribution is -2.30. The summed E-state index contributed by atoms with van der Waals surface area (Å²) in [4.78, 5) is 72.2. The molecule has 84 heavy (non-hydrogen) atoms. The SMILES string of the molecule is CCC(C)CCCCCCCCCCCCC(=O)O[C@H](COC(=O)CCCCCCCCCCC(C)C)COP(=O)(O)OC[C@@H](O)COP(=O)(O)OC[C@@H](COC(=O)CCCCCCCCC(C)CC)OC(=O)CCCCCCCCC(C)C.